The minimum absolute atomic E-state index is 0.262. The van der Waals surface area contributed by atoms with Crippen molar-refractivity contribution in [3.05, 3.63) is 168 Å². The number of nitrogens with one attached hydrogen (secondary N) is 2. The lowest BCUT2D eigenvalue weighted by Gasteiger charge is -2.26. The molecular weight excluding hydrogens is 496 g/mol. The lowest BCUT2D eigenvalue weighted by Crippen LogP contribution is -2.42. The van der Waals surface area contributed by atoms with Crippen molar-refractivity contribution in [3.8, 4) is 0 Å². The number of carbonyl (C=O) groups is 2. The van der Waals surface area contributed by atoms with E-state index in [0.717, 1.165) is 22.5 Å². The van der Waals surface area contributed by atoms with Crippen LogP contribution in [0.15, 0.2) is 146 Å². The molecule has 5 rings (SSSR count). The number of carbonyl (C=O) groups excluding carboxylic acids is 2. The number of benzene rings is 5. The molecule has 0 aliphatic rings. The van der Waals surface area contributed by atoms with Gasteiger partial charge in [-0.3, -0.25) is 30.5 Å². The molecule has 2 amide bonds. The Kier molecular flexibility index (Phi) is 8.49. The maximum atomic E-state index is 13.2. The third-order valence-corrected chi connectivity index (χ3v) is 6.39. The van der Waals surface area contributed by atoms with E-state index in [2.05, 4.69) is 10.9 Å². The first-order chi connectivity index (χ1) is 19.7. The molecule has 5 aromatic carbocycles. The summed E-state index contributed by atoms with van der Waals surface area (Å²) in [6.45, 7) is 1.02. The molecule has 0 spiro atoms. The molecule has 198 valence electrons. The minimum atomic E-state index is -0.262. The van der Waals surface area contributed by atoms with Gasteiger partial charge in [-0.15, -0.1) is 0 Å². The van der Waals surface area contributed by atoms with Gasteiger partial charge in [-0.25, -0.2) is 0 Å². The van der Waals surface area contributed by atoms with Crippen LogP contribution in [0.2, 0.25) is 0 Å². The summed E-state index contributed by atoms with van der Waals surface area (Å²) >= 11 is 0. The van der Waals surface area contributed by atoms with Crippen molar-refractivity contribution in [2.24, 2.45) is 0 Å². The average molecular weight is 527 g/mol. The van der Waals surface area contributed by atoms with Gasteiger partial charge in [0.05, 0.1) is 24.5 Å². The lowest BCUT2D eigenvalue weighted by molar-refractivity contribution is 0.0936. The van der Waals surface area contributed by atoms with Crippen LogP contribution < -0.4 is 20.9 Å². The fourth-order valence-electron chi connectivity index (χ4n) is 4.29. The first-order valence-electron chi connectivity index (χ1n) is 13.1. The van der Waals surface area contributed by atoms with E-state index in [1.165, 1.54) is 0 Å². The predicted molar refractivity (Wildman–Crippen MR) is 160 cm³/mol. The number of hydrogen-bond acceptors (Lipinski definition) is 4. The van der Waals surface area contributed by atoms with E-state index in [0.29, 0.717) is 24.2 Å². The number of para-hydroxylation sites is 2. The van der Waals surface area contributed by atoms with Crippen LogP contribution in [-0.2, 0) is 13.1 Å². The second kappa shape index (κ2) is 12.9. The standard InChI is InChI=1S/C34H30N4O2/c39-33(35-37(31-17-9-3-10-18-31)25-27-13-5-1-6-14-27)29-21-23-30(24-22-29)34(40)36-38(32-19-11-4-12-20-32)26-28-15-7-2-8-16-28/h1-24H,25-26H2,(H,35,39)(H,36,40). The highest BCUT2D eigenvalue weighted by Gasteiger charge is 2.16. The molecule has 0 aromatic heterocycles. The van der Waals surface area contributed by atoms with Gasteiger partial charge in [0.1, 0.15) is 0 Å². The molecule has 0 radical (unpaired) electrons. The minimum Gasteiger partial charge on any atom is -0.281 e. The number of anilines is 2. The van der Waals surface area contributed by atoms with E-state index >= 15 is 0 Å². The first-order valence-corrected chi connectivity index (χ1v) is 13.1. The quantitative estimate of drug-likeness (QED) is 0.207. The van der Waals surface area contributed by atoms with Crippen LogP contribution in [0, 0.1) is 0 Å². The Hall–Kier alpha value is -5.36. The topological polar surface area (TPSA) is 64.7 Å². The van der Waals surface area contributed by atoms with Gasteiger partial charge in [0.15, 0.2) is 0 Å². The van der Waals surface area contributed by atoms with Gasteiger partial charge in [0.2, 0.25) is 0 Å². The number of hydrazine groups is 2. The molecule has 6 heteroatoms. The normalized spacial score (nSPS) is 10.4. The Morgan fingerprint density at radius 3 is 1.05 bits per heavy atom. The number of rotatable bonds is 10. The van der Waals surface area contributed by atoms with E-state index < -0.39 is 0 Å². The maximum Gasteiger partial charge on any atom is 0.269 e. The molecule has 0 bridgehead atoms. The van der Waals surface area contributed by atoms with Crippen molar-refractivity contribution in [1.82, 2.24) is 10.9 Å². The zero-order valence-electron chi connectivity index (χ0n) is 22.0. The third kappa shape index (κ3) is 6.94. The molecule has 0 aliphatic heterocycles. The zero-order chi connectivity index (χ0) is 27.6. The molecule has 0 saturated carbocycles. The largest absolute Gasteiger partial charge is 0.281 e. The van der Waals surface area contributed by atoms with Crippen molar-refractivity contribution >= 4 is 23.2 Å². The van der Waals surface area contributed by atoms with E-state index in [4.69, 9.17) is 0 Å². The number of nitrogens with zero attached hydrogens (tertiary/aromatic N) is 2. The SMILES string of the molecule is O=C(NN(Cc1ccccc1)c1ccccc1)c1ccc(C(=O)NN(Cc2ccccc2)c2ccccc2)cc1. The van der Waals surface area contributed by atoms with Crippen LogP contribution in [0.1, 0.15) is 31.8 Å². The molecule has 0 aliphatic carbocycles. The van der Waals surface area contributed by atoms with Crippen LogP contribution >= 0.6 is 0 Å². The van der Waals surface area contributed by atoms with Crippen molar-refractivity contribution in [1.29, 1.82) is 0 Å². The molecule has 0 fully saturated rings. The molecule has 0 atom stereocenters. The third-order valence-electron chi connectivity index (χ3n) is 6.39. The van der Waals surface area contributed by atoms with E-state index in [-0.39, 0.29) is 11.8 Å². The fourth-order valence-corrected chi connectivity index (χ4v) is 4.29. The summed E-state index contributed by atoms with van der Waals surface area (Å²) in [5, 5.41) is 3.64. The Balaban J connectivity index is 1.28. The molecule has 6 nitrogen and oxygen atoms in total. The zero-order valence-corrected chi connectivity index (χ0v) is 22.0. The Morgan fingerprint density at radius 2 is 0.725 bits per heavy atom. The summed E-state index contributed by atoms with van der Waals surface area (Å²) in [5.74, 6) is -0.525. The first kappa shape index (κ1) is 26.3. The Morgan fingerprint density at radius 1 is 0.425 bits per heavy atom. The van der Waals surface area contributed by atoms with Crippen molar-refractivity contribution in [2.45, 2.75) is 13.1 Å². The molecular formula is C34H30N4O2. The highest BCUT2D eigenvalue weighted by atomic mass is 16.2. The molecule has 40 heavy (non-hydrogen) atoms. The molecule has 0 unspecified atom stereocenters. The number of amides is 2. The smallest absolute Gasteiger partial charge is 0.269 e. The summed E-state index contributed by atoms with van der Waals surface area (Å²) in [5.41, 5.74) is 10.8. The lowest BCUT2D eigenvalue weighted by atomic mass is 10.1. The predicted octanol–water partition coefficient (Wildman–Crippen LogP) is 6.39. The van der Waals surface area contributed by atoms with Gasteiger partial charge in [0, 0.05) is 11.1 Å². The Bertz CT molecular complexity index is 1390. The van der Waals surface area contributed by atoms with Gasteiger partial charge in [-0.05, 0) is 59.7 Å². The summed E-state index contributed by atoms with van der Waals surface area (Å²) < 4.78 is 0. The molecule has 0 saturated heterocycles. The summed E-state index contributed by atoms with van der Waals surface area (Å²) in [6, 6.07) is 46.0. The highest BCUT2D eigenvalue weighted by Crippen LogP contribution is 2.17. The molecule has 2 N–H and O–H groups in total. The number of hydrogen-bond donors (Lipinski definition) is 2. The van der Waals surface area contributed by atoms with Crippen molar-refractivity contribution < 1.29 is 9.59 Å². The van der Waals surface area contributed by atoms with Crippen LogP contribution in [0.25, 0.3) is 0 Å². The second-order valence-electron chi connectivity index (χ2n) is 9.27. The summed E-state index contributed by atoms with van der Waals surface area (Å²) in [4.78, 5) is 26.4. The Labute approximate surface area is 234 Å². The van der Waals surface area contributed by atoms with E-state index in [9.17, 15) is 9.59 Å². The van der Waals surface area contributed by atoms with Crippen molar-refractivity contribution in [3.63, 3.8) is 0 Å². The fraction of sp³-hybridized carbons (Fsp3) is 0.0588. The van der Waals surface area contributed by atoms with Gasteiger partial charge in [0.25, 0.3) is 11.8 Å². The molecule has 5 aromatic rings. The average Bonchev–Trinajstić information content (AvgIpc) is 3.02. The van der Waals surface area contributed by atoms with Gasteiger partial charge in [-0.2, -0.15) is 0 Å². The van der Waals surface area contributed by atoms with Crippen LogP contribution in [0.4, 0.5) is 11.4 Å². The summed E-state index contributed by atoms with van der Waals surface area (Å²) in [7, 11) is 0. The second-order valence-corrected chi connectivity index (χ2v) is 9.27. The maximum absolute atomic E-state index is 13.2. The highest BCUT2D eigenvalue weighted by molar-refractivity contribution is 5.98. The van der Waals surface area contributed by atoms with E-state index in [1.54, 1.807) is 24.3 Å². The van der Waals surface area contributed by atoms with Gasteiger partial charge in [-0.1, -0.05) is 97.1 Å². The van der Waals surface area contributed by atoms with Crippen LogP contribution in [-0.4, -0.2) is 11.8 Å². The summed E-state index contributed by atoms with van der Waals surface area (Å²) in [6.07, 6.45) is 0. The molecule has 0 heterocycles. The van der Waals surface area contributed by atoms with Gasteiger partial charge < -0.3 is 0 Å². The van der Waals surface area contributed by atoms with Crippen LogP contribution in [0.3, 0.4) is 0 Å². The van der Waals surface area contributed by atoms with Crippen LogP contribution in [0.5, 0.6) is 0 Å². The monoisotopic (exact) mass is 526 g/mol. The van der Waals surface area contributed by atoms with E-state index in [1.807, 2.05) is 131 Å². The van der Waals surface area contributed by atoms with Crippen molar-refractivity contribution in [2.75, 3.05) is 10.0 Å². The van der Waals surface area contributed by atoms with Gasteiger partial charge >= 0.3 is 0 Å².